The molecule has 0 atom stereocenters. The molecule has 0 amide bonds. The van der Waals surface area contributed by atoms with Gasteiger partial charge in [-0.2, -0.15) is 5.10 Å². The highest BCUT2D eigenvalue weighted by molar-refractivity contribution is 5.35. The Morgan fingerprint density at radius 2 is 2.12 bits per heavy atom. The predicted octanol–water partition coefficient (Wildman–Crippen LogP) is 1.48. The van der Waals surface area contributed by atoms with Crippen LogP contribution >= 0.6 is 0 Å². The minimum atomic E-state index is 0.797. The zero-order valence-corrected chi connectivity index (χ0v) is 10.4. The summed E-state index contributed by atoms with van der Waals surface area (Å²) in [4.78, 5) is 8.56. The Morgan fingerprint density at radius 1 is 1.29 bits per heavy atom. The molecule has 0 radical (unpaired) electrons. The van der Waals surface area contributed by atoms with E-state index in [0.29, 0.717) is 0 Å². The molecule has 0 spiro atoms. The van der Waals surface area contributed by atoms with Gasteiger partial charge in [-0.1, -0.05) is 0 Å². The van der Waals surface area contributed by atoms with Gasteiger partial charge in [-0.25, -0.2) is 9.97 Å². The number of hydrogen-bond acceptors (Lipinski definition) is 4. The third-order valence-electron chi connectivity index (χ3n) is 2.42. The normalized spacial score (nSPS) is 10.5. The molecule has 0 saturated heterocycles. The molecule has 17 heavy (non-hydrogen) atoms. The van der Waals surface area contributed by atoms with Crippen LogP contribution in [0.1, 0.15) is 17.2 Å². The lowest BCUT2D eigenvalue weighted by molar-refractivity contribution is 0.741. The maximum absolute atomic E-state index is 4.32. The van der Waals surface area contributed by atoms with E-state index < -0.39 is 0 Å². The van der Waals surface area contributed by atoms with E-state index in [-0.39, 0.29) is 0 Å². The molecule has 5 nitrogen and oxygen atoms in total. The van der Waals surface area contributed by atoms with E-state index in [9.17, 15) is 0 Å². The molecule has 2 aromatic heterocycles. The van der Waals surface area contributed by atoms with E-state index in [2.05, 4.69) is 20.4 Å². The molecule has 0 bridgehead atoms. The summed E-state index contributed by atoms with van der Waals surface area (Å²) in [5, 5.41) is 7.60. The van der Waals surface area contributed by atoms with E-state index in [1.165, 1.54) is 0 Å². The van der Waals surface area contributed by atoms with E-state index in [0.717, 1.165) is 36.0 Å². The van der Waals surface area contributed by atoms with Crippen molar-refractivity contribution in [2.75, 3.05) is 11.9 Å². The molecular formula is C12H17N5. The number of anilines is 1. The fraction of sp³-hybridized carbons (Fsp3) is 0.417. The molecule has 0 aromatic carbocycles. The number of aromatic nitrogens is 4. The highest BCUT2D eigenvalue weighted by Crippen LogP contribution is 2.05. The van der Waals surface area contributed by atoms with Crippen LogP contribution in [0.25, 0.3) is 0 Å². The summed E-state index contributed by atoms with van der Waals surface area (Å²) in [6.45, 7) is 4.70. The van der Waals surface area contributed by atoms with E-state index >= 15 is 0 Å². The van der Waals surface area contributed by atoms with Gasteiger partial charge in [0, 0.05) is 38.0 Å². The van der Waals surface area contributed by atoms with Crippen LogP contribution in [0, 0.1) is 13.8 Å². The van der Waals surface area contributed by atoms with Gasteiger partial charge < -0.3 is 5.32 Å². The van der Waals surface area contributed by atoms with Crippen molar-refractivity contribution < 1.29 is 0 Å². The molecule has 1 N–H and O–H groups in total. The third-order valence-corrected chi connectivity index (χ3v) is 2.42. The van der Waals surface area contributed by atoms with Crippen molar-refractivity contribution in [3.8, 4) is 0 Å². The van der Waals surface area contributed by atoms with E-state index in [4.69, 9.17) is 0 Å². The lowest BCUT2D eigenvalue weighted by Crippen LogP contribution is -2.08. The Hall–Kier alpha value is -1.91. The zero-order chi connectivity index (χ0) is 12.3. The first-order valence-electron chi connectivity index (χ1n) is 5.68. The van der Waals surface area contributed by atoms with Crippen LogP contribution in [0.4, 0.5) is 5.82 Å². The highest BCUT2D eigenvalue weighted by atomic mass is 15.2. The van der Waals surface area contributed by atoms with Crippen LogP contribution in [-0.2, 0) is 13.5 Å². The Bertz CT molecular complexity index is 483. The second kappa shape index (κ2) is 4.95. The second-order valence-corrected chi connectivity index (χ2v) is 4.10. The predicted molar refractivity (Wildman–Crippen MR) is 66.9 cm³/mol. The fourth-order valence-electron chi connectivity index (χ4n) is 1.72. The molecule has 5 heteroatoms. The van der Waals surface area contributed by atoms with Crippen molar-refractivity contribution in [2.24, 2.45) is 7.05 Å². The van der Waals surface area contributed by atoms with E-state index in [1.807, 2.05) is 43.9 Å². The van der Waals surface area contributed by atoms with Crippen LogP contribution in [0.5, 0.6) is 0 Å². The fourth-order valence-corrected chi connectivity index (χ4v) is 1.72. The van der Waals surface area contributed by atoms with Crippen LogP contribution in [0.2, 0.25) is 0 Å². The summed E-state index contributed by atoms with van der Waals surface area (Å²) in [6.07, 6.45) is 2.84. The van der Waals surface area contributed by atoms with Gasteiger partial charge in [0.05, 0.1) is 5.69 Å². The lowest BCUT2D eigenvalue weighted by Gasteiger charge is -2.05. The van der Waals surface area contributed by atoms with Crippen molar-refractivity contribution in [1.29, 1.82) is 0 Å². The van der Waals surface area contributed by atoms with Gasteiger partial charge in [0.25, 0.3) is 0 Å². The summed E-state index contributed by atoms with van der Waals surface area (Å²) in [5.41, 5.74) is 2.07. The minimum absolute atomic E-state index is 0.797. The summed E-state index contributed by atoms with van der Waals surface area (Å²) in [6, 6.07) is 3.98. The highest BCUT2D eigenvalue weighted by Gasteiger charge is 2.00. The molecule has 0 aliphatic heterocycles. The average Bonchev–Trinajstić information content (AvgIpc) is 2.63. The number of hydrogen-bond donors (Lipinski definition) is 1. The summed E-state index contributed by atoms with van der Waals surface area (Å²) >= 11 is 0. The Kier molecular flexibility index (Phi) is 3.37. The zero-order valence-electron chi connectivity index (χ0n) is 10.4. The van der Waals surface area contributed by atoms with Gasteiger partial charge in [0.2, 0.25) is 0 Å². The van der Waals surface area contributed by atoms with Crippen molar-refractivity contribution in [2.45, 2.75) is 20.3 Å². The maximum Gasteiger partial charge on any atom is 0.129 e. The molecule has 2 rings (SSSR count). The summed E-state index contributed by atoms with van der Waals surface area (Å²) in [5.74, 6) is 1.68. The quantitative estimate of drug-likeness (QED) is 0.866. The van der Waals surface area contributed by atoms with Crippen LogP contribution in [0.3, 0.4) is 0 Å². The standard InChI is InChI=1S/C12H17N5/c1-9-8-12(15-10(2)14-9)13-6-4-11-5-7-17(3)16-11/h5,7-8H,4,6H2,1-3H3,(H,13,14,15). The first kappa shape index (κ1) is 11.6. The molecule has 2 aromatic rings. The molecule has 0 unspecified atom stereocenters. The van der Waals surface area contributed by atoms with Crippen molar-refractivity contribution in [3.05, 3.63) is 35.5 Å². The first-order valence-corrected chi connectivity index (χ1v) is 5.68. The van der Waals surface area contributed by atoms with Gasteiger partial charge in [-0.15, -0.1) is 0 Å². The number of rotatable bonds is 4. The smallest absolute Gasteiger partial charge is 0.129 e. The molecule has 0 saturated carbocycles. The molecular weight excluding hydrogens is 214 g/mol. The topological polar surface area (TPSA) is 55.6 Å². The molecule has 90 valence electrons. The summed E-state index contributed by atoms with van der Waals surface area (Å²) < 4.78 is 1.81. The van der Waals surface area contributed by atoms with Crippen molar-refractivity contribution in [1.82, 2.24) is 19.7 Å². The molecule has 2 heterocycles. The summed E-state index contributed by atoms with van der Waals surface area (Å²) in [7, 11) is 1.92. The van der Waals surface area contributed by atoms with Crippen molar-refractivity contribution in [3.63, 3.8) is 0 Å². The van der Waals surface area contributed by atoms with Crippen LogP contribution in [0.15, 0.2) is 18.3 Å². The monoisotopic (exact) mass is 231 g/mol. The Morgan fingerprint density at radius 3 is 2.76 bits per heavy atom. The lowest BCUT2D eigenvalue weighted by atomic mass is 10.3. The van der Waals surface area contributed by atoms with Crippen LogP contribution < -0.4 is 5.32 Å². The minimum Gasteiger partial charge on any atom is -0.370 e. The van der Waals surface area contributed by atoms with Crippen LogP contribution in [-0.4, -0.2) is 26.3 Å². The number of nitrogens with zero attached hydrogens (tertiary/aromatic N) is 4. The van der Waals surface area contributed by atoms with E-state index in [1.54, 1.807) is 0 Å². The van der Waals surface area contributed by atoms with Gasteiger partial charge in [-0.3, -0.25) is 4.68 Å². The van der Waals surface area contributed by atoms with Gasteiger partial charge in [-0.05, 0) is 19.9 Å². The number of aryl methyl sites for hydroxylation is 3. The maximum atomic E-state index is 4.32. The number of nitrogens with one attached hydrogen (secondary N) is 1. The Balaban J connectivity index is 1.89. The Labute approximate surface area is 101 Å². The molecule has 0 aliphatic rings. The SMILES string of the molecule is Cc1cc(NCCc2ccn(C)n2)nc(C)n1. The molecule has 0 fully saturated rings. The third kappa shape index (κ3) is 3.27. The molecule has 0 aliphatic carbocycles. The van der Waals surface area contributed by atoms with Gasteiger partial charge in [0.15, 0.2) is 0 Å². The first-order chi connectivity index (χ1) is 8.13. The largest absolute Gasteiger partial charge is 0.370 e. The van der Waals surface area contributed by atoms with Gasteiger partial charge in [0.1, 0.15) is 11.6 Å². The second-order valence-electron chi connectivity index (χ2n) is 4.10. The van der Waals surface area contributed by atoms with Crippen molar-refractivity contribution >= 4 is 5.82 Å². The van der Waals surface area contributed by atoms with Gasteiger partial charge >= 0.3 is 0 Å². The average molecular weight is 231 g/mol.